The van der Waals surface area contributed by atoms with E-state index in [1.807, 2.05) is 0 Å². The summed E-state index contributed by atoms with van der Waals surface area (Å²) in [5.74, 6) is -0.308. The molecule has 2 heterocycles. The Hall–Kier alpha value is -1.69. The Morgan fingerprint density at radius 1 is 1.35 bits per heavy atom. The van der Waals surface area contributed by atoms with E-state index in [0.717, 1.165) is 12.8 Å². The lowest BCUT2D eigenvalue weighted by Crippen LogP contribution is -2.45. The van der Waals surface area contributed by atoms with Crippen LogP contribution in [0.25, 0.3) is 0 Å². The molecule has 144 valence electrons. The quantitative estimate of drug-likeness (QED) is 0.563. The van der Waals surface area contributed by atoms with Gasteiger partial charge in [0.05, 0.1) is 29.8 Å². The summed E-state index contributed by atoms with van der Waals surface area (Å²) in [6.07, 6.45) is 2.52. The molecular formula is C14H22N6O4S2. The molecule has 1 aliphatic heterocycles. The second-order valence-electron chi connectivity index (χ2n) is 6.50. The van der Waals surface area contributed by atoms with E-state index in [1.165, 1.54) is 16.7 Å². The molecule has 0 aromatic carbocycles. The Labute approximate surface area is 156 Å². The highest BCUT2D eigenvalue weighted by Crippen LogP contribution is 2.36. The lowest BCUT2D eigenvalue weighted by molar-refractivity contribution is -0.134. The van der Waals surface area contributed by atoms with Crippen molar-refractivity contribution in [1.82, 2.24) is 30.4 Å². The van der Waals surface area contributed by atoms with Gasteiger partial charge in [-0.3, -0.25) is 9.59 Å². The Morgan fingerprint density at radius 2 is 2.12 bits per heavy atom. The number of amides is 2. The highest BCUT2D eigenvalue weighted by molar-refractivity contribution is 7.99. The molecule has 1 atom stereocenters. The summed E-state index contributed by atoms with van der Waals surface area (Å²) in [7, 11) is -3.05. The predicted molar refractivity (Wildman–Crippen MR) is 94.3 cm³/mol. The van der Waals surface area contributed by atoms with Crippen LogP contribution >= 0.6 is 11.8 Å². The number of likely N-dealkylation sites (N-methyl/N-ethyl adjacent to an activating group) is 1. The van der Waals surface area contributed by atoms with Crippen LogP contribution < -0.4 is 5.32 Å². The van der Waals surface area contributed by atoms with Crippen molar-refractivity contribution in [3.05, 3.63) is 0 Å². The molecule has 12 heteroatoms. The van der Waals surface area contributed by atoms with E-state index >= 15 is 0 Å². The molecule has 2 fully saturated rings. The summed E-state index contributed by atoms with van der Waals surface area (Å²) in [5.41, 5.74) is 0. The maximum absolute atomic E-state index is 12.4. The van der Waals surface area contributed by atoms with E-state index in [9.17, 15) is 18.0 Å². The van der Waals surface area contributed by atoms with Crippen LogP contribution in [0.2, 0.25) is 0 Å². The van der Waals surface area contributed by atoms with Gasteiger partial charge in [0.1, 0.15) is 0 Å². The lowest BCUT2D eigenvalue weighted by Gasteiger charge is -2.21. The number of aromatic nitrogens is 4. The first-order chi connectivity index (χ1) is 12.4. The zero-order valence-electron chi connectivity index (χ0n) is 14.5. The molecule has 0 bridgehead atoms. The van der Waals surface area contributed by atoms with Crippen molar-refractivity contribution < 1.29 is 18.0 Å². The molecule has 1 aromatic rings. The van der Waals surface area contributed by atoms with E-state index in [-0.39, 0.29) is 41.7 Å². The number of tetrazole rings is 1. The normalized spacial score (nSPS) is 21.5. The van der Waals surface area contributed by atoms with Gasteiger partial charge in [-0.05, 0) is 36.6 Å². The second-order valence-corrected chi connectivity index (χ2v) is 9.67. The third kappa shape index (κ3) is 4.93. The number of thioether (sulfide) groups is 1. The SMILES string of the molecule is CCN(CC(=O)NC1CCS(=O)(=O)C1)C(=O)CSc1nnnn1C1CC1. The van der Waals surface area contributed by atoms with Gasteiger partial charge < -0.3 is 10.2 Å². The van der Waals surface area contributed by atoms with Crippen molar-refractivity contribution in [3.63, 3.8) is 0 Å². The molecule has 1 aliphatic carbocycles. The van der Waals surface area contributed by atoms with Crippen LogP contribution in [-0.2, 0) is 19.4 Å². The number of carbonyl (C=O) groups is 2. The summed E-state index contributed by atoms with van der Waals surface area (Å²) in [6.45, 7) is 2.10. The number of sulfone groups is 1. The van der Waals surface area contributed by atoms with E-state index in [0.29, 0.717) is 24.2 Å². The van der Waals surface area contributed by atoms with Crippen LogP contribution in [0.4, 0.5) is 0 Å². The van der Waals surface area contributed by atoms with Gasteiger partial charge in [-0.1, -0.05) is 11.8 Å². The minimum Gasteiger partial charge on any atom is -0.351 e. The molecule has 2 amide bonds. The van der Waals surface area contributed by atoms with Crippen LogP contribution in [0.1, 0.15) is 32.2 Å². The number of nitrogens with one attached hydrogen (secondary N) is 1. The van der Waals surface area contributed by atoms with Gasteiger partial charge in [0.25, 0.3) is 0 Å². The standard InChI is InChI=1S/C14H22N6O4S2/c1-2-19(7-12(21)15-10-5-6-26(23,24)9-10)13(22)8-25-14-16-17-18-20(14)11-3-4-11/h10-11H,2-9H2,1H3,(H,15,21). The molecule has 1 aromatic heterocycles. The van der Waals surface area contributed by atoms with Gasteiger partial charge in [-0.25, -0.2) is 13.1 Å². The zero-order valence-corrected chi connectivity index (χ0v) is 16.1. The van der Waals surface area contributed by atoms with E-state index in [2.05, 4.69) is 20.8 Å². The molecule has 1 saturated carbocycles. The predicted octanol–water partition coefficient (Wildman–Crippen LogP) is -0.748. The maximum atomic E-state index is 12.4. The van der Waals surface area contributed by atoms with Crippen LogP contribution in [0.3, 0.4) is 0 Å². The van der Waals surface area contributed by atoms with Crippen LogP contribution in [-0.4, -0.2) is 81.7 Å². The second kappa shape index (κ2) is 7.91. The largest absolute Gasteiger partial charge is 0.351 e. The lowest BCUT2D eigenvalue weighted by atomic mass is 10.2. The van der Waals surface area contributed by atoms with Crippen molar-refractivity contribution >= 4 is 33.4 Å². The molecule has 1 unspecified atom stereocenters. The summed E-state index contributed by atoms with van der Waals surface area (Å²) < 4.78 is 24.6. The average Bonchev–Trinajstić information content (AvgIpc) is 3.23. The highest BCUT2D eigenvalue weighted by Gasteiger charge is 2.30. The number of hydrogen-bond acceptors (Lipinski definition) is 8. The first-order valence-corrected chi connectivity index (χ1v) is 11.4. The smallest absolute Gasteiger partial charge is 0.239 e. The van der Waals surface area contributed by atoms with E-state index in [1.54, 1.807) is 11.6 Å². The summed E-state index contributed by atoms with van der Waals surface area (Å²) in [5, 5.41) is 14.8. The topological polar surface area (TPSA) is 127 Å². The fraction of sp³-hybridized carbons (Fsp3) is 0.786. The number of hydrogen-bond donors (Lipinski definition) is 1. The van der Waals surface area contributed by atoms with Crippen molar-refractivity contribution in [1.29, 1.82) is 0 Å². The minimum atomic E-state index is -3.05. The molecule has 10 nitrogen and oxygen atoms in total. The third-order valence-electron chi connectivity index (χ3n) is 4.35. The van der Waals surface area contributed by atoms with Gasteiger partial charge in [0.15, 0.2) is 9.84 Å². The van der Waals surface area contributed by atoms with Crippen molar-refractivity contribution in [2.24, 2.45) is 0 Å². The molecule has 0 radical (unpaired) electrons. The Bertz CT molecular complexity index is 776. The van der Waals surface area contributed by atoms with Gasteiger partial charge >= 0.3 is 0 Å². The van der Waals surface area contributed by atoms with Gasteiger partial charge in [-0.15, -0.1) is 5.10 Å². The first-order valence-electron chi connectivity index (χ1n) is 8.56. The van der Waals surface area contributed by atoms with Crippen LogP contribution in [0.5, 0.6) is 0 Å². The van der Waals surface area contributed by atoms with Crippen LogP contribution in [0, 0.1) is 0 Å². The molecule has 26 heavy (non-hydrogen) atoms. The minimum absolute atomic E-state index is 0.0293. The first kappa shape index (κ1) is 19.1. The number of rotatable bonds is 8. The van der Waals surface area contributed by atoms with Gasteiger partial charge in [0.2, 0.25) is 17.0 Å². The summed E-state index contributed by atoms with van der Waals surface area (Å²) in [6, 6.07) is -0.0304. The Kier molecular flexibility index (Phi) is 5.80. The van der Waals surface area contributed by atoms with Gasteiger partial charge in [0, 0.05) is 12.6 Å². The average molecular weight is 403 g/mol. The fourth-order valence-corrected chi connectivity index (χ4v) is 5.30. The molecular weight excluding hydrogens is 380 g/mol. The van der Waals surface area contributed by atoms with E-state index < -0.39 is 9.84 Å². The van der Waals surface area contributed by atoms with Crippen molar-refractivity contribution in [3.8, 4) is 0 Å². The molecule has 1 saturated heterocycles. The molecule has 2 aliphatic rings. The highest BCUT2D eigenvalue weighted by atomic mass is 32.2. The number of carbonyl (C=O) groups excluding carboxylic acids is 2. The Balaban J connectivity index is 1.47. The maximum Gasteiger partial charge on any atom is 0.239 e. The van der Waals surface area contributed by atoms with Crippen molar-refractivity contribution in [2.75, 3.05) is 30.3 Å². The zero-order chi connectivity index (χ0) is 18.7. The van der Waals surface area contributed by atoms with E-state index in [4.69, 9.17) is 0 Å². The molecule has 0 spiro atoms. The Morgan fingerprint density at radius 3 is 2.73 bits per heavy atom. The summed E-state index contributed by atoms with van der Waals surface area (Å²) >= 11 is 1.26. The molecule has 3 rings (SSSR count). The van der Waals surface area contributed by atoms with Crippen molar-refractivity contribution in [2.45, 2.75) is 43.4 Å². The number of nitrogens with zero attached hydrogens (tertiary/aromatic N) is 5. The monoisotopic (exact) mass is 402 g/mol. The molecule has 1 N–H and O–H groups in total. The van der Waals surface area contributed by atoms with Gasteiger partial charge in [-0.2, -0.15) is 0 Å². The summed E-state index contributed by atoms with van der Waals surface area (Å²) in [4.78, 5) is 26.0. The fourth-order valence-electron chi connectivity index (χ4n) is 2.78. The third-order valence-corrected chi connectivity index (χ3v) is 7.03. The van der Waals surface area contributed by atoms with Crippen LogP contribution in [0.15, 0.2) is 5.16 Å².